The Morgan fingerprint density at radius 3 is 2.42 bits per heavy atom. The van der Waals surface area contributed by atoms with Crippen LogP contribution in [0, 0.1) is 12.8 Å². The molecule has 1 aromatic carbocycles. The van der Waals surface area contributed by atoms with Crippen molar-refractivity contribution in [2.45, 2.75) is 117 Å². The van der Waals surface area contributed by atoms with Gasteiger partial charge in [-0.05, 0) is 91.0 Å². The van der Waals surface area contributed by atoms with Gasteiger partial charge in [0.05, 0.1) is 34.9 Å². The van der Waals surface area contributed by atoms with Gasteiger partial charge in [-0.3, -0.25) is 0 Å². The number of urea groups is 1. The van der Waals surface area contributed by atoms with E-state index in [2.05, 4.69) is 35.8 Å². The number of rotatable bonds is 7. The van der Waals surface area contributed by atoms with E-state index in [1.807, 2.05) is 46.8 Å². The number of pyridine rings is 1. The lowest BCUT2D eigenvalue weighted by Gasteiger charge is -2.32. The van der Waals surface area contributed by atoms with E-state index in [0.29, 0.717) is 18.3 Å². The number of hydrogen-bond acceptors (Lipinski definition) is 6. The highest BCUT2D eigenvalue weighted by Crippen LogP contribution is 2.38. The van der Waals surface area contributed by atoms with Crippen molar-refractivity contribution in [3.05, 3.63) is 47.7 Å². The Bertz CT molecular complexity index is 1330. The number of anilines is 3. The number of hydrogen-bond donors (Lipinski definition) is 2. The number of nitrogens with zero attached hydrogens (tertiary/aromatic N) is 4. The topological polar surface area (TPSA) is 99.2 Å². The third kappa shape index (κ3) is 7.13. The minimum Gasteiger partial charge on any atom is -0.444 e. The molecule has 5 rings (SSSR count). The Morgan fingerprint density at radius 2 is 1.79 bits per heavy atom. The quantitative estimate of drug-likeness (QED) is 0.342. The van der Waals surface area contributed by atoms with Gasteiger partial charge in [-0.2, -0.15) is 5.10 Å². The summed E-state index contributed by atoms with van der Waals surface area (Å²) in [5, 5.41) is 13.3. The van der Waals surface area contributed by atoms with E-state index < -0.39 is 5.60 Å². The maximum absolute atomic E-state index is 14.2. The van der Waals surface area contributed by atoms with Crippen LogP contribution in [0.25, 0.3) is 0 Å². The van der Waals surface area contributed by atoms with E-state index in [1.54, 1.807) is 16.1 Å². The van der Waals surface area contributed by atoms with Crippen molar-refractivity contribution >= 4 is 35.0 Å². The molecule has 0 bridgehead atoms. The Hall–Kier alpha value is -3.62. The van der Waals surface area contributed by atoms with Gasteiger partial charge in [-0.1, -0.05) is 44.2 Å². The average molecular weight is 589 g/mol. The number of alkyl carbamates (subject to hydrolysis) is 1. The van der Waals surface area contributed by atoms with Gasteiger partial charge in [0.25, 0.3) is 0 Å². The molecule has 1 aromatic heterocycles. The SMILES string of the molecule is Cc1ccc2c(c1)N(c1ccc(NCC3(NC(=O)OC(C)(C)C)CCCC3)cn1)C(=O)N(C(C)C)N=C2C1CCCCC1. The van der Waals surface area contributed by atoms with Crippen LogP contribution in [0.2, 0.25) is 0 Å². The zero-order valence-electron chi connectivity index (χ0n) is 26.7. The number of aryl methyl sites for hydroxylation is 1. The van der Waals surface area contributed by atoms with Gasteiger partial charge in [0, 0.05) is 18.0 Å². The Balaban J connectivity index is 1.40. The first-order valence-corrected chi connectivity index (χ1v) is 16.0. The van der Waals surface area contributed by atoms with Gasteiger partial charge in [-0.15, -0.1) is 0 Å². The molecular weight excluding hydrogens is 540 g/mol. The molecule has 2 aromatic rings. The number of carbonyl (C=O) groups excluding carboxylic acids is 2. The minimum atomic E-state index is -0.549. The lowest BCUT2D eigenvalue weighted by Crippen LogP contribution is -2.52. The normalized spacial score (nSPS) is 19.1. The van der Waals surface area contributed by atoms with Crippen LogP contribution >= 0.6 is 0 Å². The second-order valence-electron chi connectivity index (χ2n) is 13.8. The summed E-state index contributed by atoms with van der Waals surface area (Å²) in [6, 6.07) is 9.84. The molecule has 9 heteroatoms. The van der Waals surface area contributed by atoms with Crippen LogP contribution in [-0.2, 0) is 4.74 Å². The highest BCUT2D eigenvalue weighted by atomic mass is 16.6. The Labute approximate surface area is 256 Å². The van der Waals surface area contributed by atoms with Crippen LogP contribution in [0.1, 0.15) is 104 Å². The second kappa shape index (κ2) is 12.5. The predicted octanol–water partition coefficient (Wildman–Crippen LogP) is 7.91. The van der Waals surface area contributed by atoms with E-state index in [1.165, 1.54) is 19.3 Å². The molecule has 2 fully saturated rings. The molecule has 3 amide bonds. The molecular formula is C34H48N6O3. The summed E-state index contributed by atoms with van der Waals surface area (Å²) < 4.78 is 5.55. The first-order chi connectivity index (χ1) is 20.4. The Kier molecular flexibility index (Phi) is 8.99. The molecule has 0 unspecified atom stereocenters. The van der Waals surface area contributed by atoms with Crippen LogP contribution in [-0.4, -0.2) is 51.6 Å². The average Bonchev–Trinajstić information content (AvgIpc) is 3.36. The molecule has 2 aliphatic carbocycles. The van der Waals surface area contributed by atoms with Crippen LogP contribution in [0.4, 0.5) is 26.8 Å². The molecule has 0 atom stereocenters. The summed E-state index contributed by atoms with van der Waals surface area (Å²) in [5.74, 6) is 0.886. The van der Waals surface area contributed by atoms with Crippen molar-refractivity contribution < 1.29 is 14.3 Å². The van der Waals surface area contributed by atoms with Gasteiger partial charge >= 0.3 is 12.1 Å². The van der Waals surface area contributed by atoms with Gasteiger partial charge in [-0.25, -0.2) is 24.5 Å². The largest absolute Gasteiger partial charge is 0.444 e. The number of aromatic nitrogens is 1. The van der Waals surface area contributed by atoms with Crippen LogP contribution in [0.5, 0.6) is 0 Å². The van der Waals surface area contributed by atoms with Crippen molar-refractivity contribution in [3.8, 4) is 0 Å². The van der Waals surface area contributed by atoms with Gasteiger partial charge in [0.1, 0.15) is 11.4 Å². The molecule has 232 valence electrons. The second-order valence-corrected chi connectivity index (χ2v) is 13.8. The van der Waals surface area contributed by atoms with Crippen molar-refractivity contribution in [2.75, 3.05) is 16.8 Å². The zero-order valence-corrected chi connectivity index (χ0v) is 26.7. The molecule has 2 heterocycles. The molecule has 1 aliphatic heterocycles. The summed E-state index contributed by atoms with van der Waals surface area (Å²) in [5.41, 5.74) is 3.83. The van der Waals surface area contributed by atoms with E-state index in [9.17, 15) is 9.59 Å². The number of hydrazone groups is 1. The number of carbonyl (C=O) groups is 2. The maximum Gasteiger partial charge on any atom is 0.408 e. The number of ether oxygens (including phenoxy) is 1. The summed E-state index contributed by atoms with van der Waals surface area (Å²) in [6.45, 7) is 12.2. The molecule has 0 spiro atoms. The number of benzene rings is 1. The highest BCUT2D eigenvalue weighted by molar-refractivity contribution is 6.13. The molecule has 0 saturated heterocycles. The fraction of sp³-hybridized carbons (Fsp3) is 0.588. The predicted molar refractivity (Wildman–Crippen MR) is 172 cm³/mol. The van der Waals surface area contributed by atoms with E-state index in [4.69, 9.17) is 14.8 Å². The summed E-state index contributed by atoms with van der Waals surface area (Å²) in [6.07, 6.45) is 11.1. The molecule has 2 N–H and O–H groups in total. The first-order valence-electron chi connectivity index (χ1n) is 16.0. The summed E-state index contributed by atoms with van der Waals surface area (Å²) >= 11 is 0. The number of fused-ring (bicyclic) bond motifs is 1. The summed E-state index contributed by atoms with van der Waals surface area (Å²) in [4.78, 5) is 33.3. The highest BCUT2D eigenvalue weighted by Gasteiger charge is 2.38. The van der Waals surface area contributed by atoms with Crippen LogP contribution in [0.3, 0.4) is 0 Å². The summed E-state index contributed by atoms with van der Waals surface area (Å²) in [7, 11) is 0. The third-order valence-electron chi connectivity index (χ3n) is 8.69. The smallest absolute Gasteiger partial charge is 0.408 e. The van der Waals surface area contributed by atoms with E-state index in [0.717, 1.165) is 66.7 Å². The van der Waals surface area contributed by atoms with E-state index in [-0.39, 0.29) is 23.7 Å². The van der Waals surface area contributed by atoms with Crippen molar-refractivity contribution in [3.63, 3.8) is 0 Å². The Morgan fingerprint density at radius 1 is 1.07 bits per heavy atom. The van der Waals surface area contributed by atoms with Crippen LogP contribution < -0.4 is 15.5 Å². The standard InChI is InChI=1S/C34H48N6O3/c1-23(2)40-32(42)39(28-20-24(3)14-16-27(28)30(38-40)25-12-8-7-9-13-25)29-17-15-26(21-35-29)36-22-34(18-10-11-19-34)37-31(41)43-33(4,5)6/h14-17,20-21,23,25,36H,7-13,18-19,22H2,1-6H3,(H,37,41). The third-order valence-corrected chi connectivity index (χ3v) is 8.69. The molecule has 3 aliphatic rings. The molecule has 43 heavy (non-hydrogen) atoms. The van der Waals surface area contributed by atoms with E-state index >= 15 is 0 Å². The van der Waals surface area contributed by atoms with Gasteiger partial charge in [0.15, 0.2) is 0 Å². The number of nitrogens with one attached hydrogen (secondary N) is 2. The minimum absolute atomic E-state index is 0.106. The van der Waals surface area contributed by atoms with Gasteiger partial charge < -0.3 is 15.4 Å². The monoisotopic (exact) mass is 588 g/mol. The van der Waals surface area contributed by atoms with Crippen molar-refractivity contribution in [1.29, 1.82) is 0 Å². The first kappa shape index (κ1) is 30.8. The van der Waals surface area contributed by atoms with Crippen molar-refractivity contribution in [2.24, 2.45) is 11.0 Å². The van der Waals surface area contributed by atoms with Gasteiger partial charge in [0.2, 0.25) is 0 Å². The van der Waals surface area contributed by atoms with Crippen LogP contribution in [0.15, 0.2) is 41.6 Å². The van der Waals surface area contributed by atoms with Crippen molar-refractivity contribution in [1.82, 2.24) is 15.3 Å². The lowest BCUT2D eigenvalue weighted by atomic mass is 9.82. The molecule has 2 saturated carbocycles. The maximum atomic E-state index is 14.2. The zero-order chi connectivity index (χ0) is 30.8. The number of amides is 3. The lowest BCUT2D eigenvalue weighted by molar-refractivity contribution is 0.0463. The molecule has 9 nitrogen and oxygen atoms in total. The molecule has 0 radical (unpaired) electrons. The fourth-order valence-electron chi connectivity index (χ4n) is 6.51. The fourth-order valence-corrected chi connectivity index (χ4v) is 6.51.